The fourth-order valence-electron chi connectivity index (χ4n) is 5.70. The van der Waals surface area contributed by atoms with Crippen LogP contribution in [0.2, 0.25) is 0 Å². The second kappa shape index (κ2) is 9.44. The number of hydrogen-bond donors (Lipinski definition) is 1. The Labute approximate surface area is 203 Å². The number of nitrogens with one attached hydrogen (secondary N) is 1. The second-order valence-corrected chi connectivity index (χ2v) is 10.6. The van der Waals surface area contributed by atoms with E-state index in [1.165, 1.54) is 6.07 Å². The topological polar surface area (TPSA) is 93.4 Å². The summed E-state index contributed by atoms with van der Waals surface area (Å²) in [4.78, 5) is 22.8. The summed E-state index contributed by atoms with van der Waals surface area (Å²) in [5.74, 6) is -1.17. The summed E-state index contributed by atoms with van der Waals surface area (Å²) < 4.78 is 37.5. The van der Waals surface area contributed by atoms with Crippen molar-refractivity contribution in [3.05, 3.63) is 35.7 Å². The number of aromatic nitrogens is 3. The maximum atomic E-state index is 13.5. The molecular weight excluding hydrogens is 456 g/mol. The number of halogens is 2. The van der Waals surface area contributed by atoms with E-state index >= 15 is 0 Å². The van der Waals surface area contributed by atoms with Crippen molar-refractivity contribution < 1.29 is 22.8 Å². The minimum absolute atomic E-state index is 0.0346. The monoisotopic (exact) mass is 489 g/mol. The maximum absolute atomic E-state index is 13.5. The van der Waals surface area contributed by atoms with Crippen LogP contribution < -0.4 is 10.1 Å². The first kappa shape index (κ1) is 24.1. The fourth-order valence-corrected chi connectivity index (χ4v) is 5.70. The van der Waals surface area contributed by atoms with Crippen LogP contribution in [0.3, 0.4) is 0 Å². The van der Waals surface area contributed by atoms with Crippen LogP contribution in [0.5, 0.6) is 5.75 Å². The van der Waals surface area contributed by atoms with E-state index in [-0.39, 0.29) is 29.7 Å². The highest BCUT2D eigenvalue weighted by atomic mass is 19.3. The Balaban J connectivity index is 1.00. The van der Waals surface area contributed by atoms with Gasteiger partial charge in [-0.05, 0) is 63.8 Å². The molecule has 2 aliphatic carbocycles. The smallest absolute Gasteiger partial charge is 0.304 e. The van der Waals surface area contributed by atoms with Crippen molar-refractivity contribution in [3.8, 4) is 5.75 Å². The third-order valence-electron chi connectivity index (χ3n) is 7.86. The summed E-state index contributed by atoms with van der Waals surface area (Å²) in [6.07, 6.45) is 9.41. The first-order chi connectivity index (χ1) is 16.7. The van der Waals surface area contributed by atoms with Gasteiger partial charge in [0.25, 0.3) is 5.91 Å². The van der Waals surface area contributed by atoms with Crippen LogP contribution in [-0.4, -0.2) is 58.2 Å². The quantitative estimate of drug-likeness (QED) is 0.575. The number of carbonyl (C=O) groups excluding carboxylic acids is 1. The number of aryl methyl sites for hydroxylation is 1. The number of hydrogen-bond acceptors (Lipinski definition) is 7. The van der Waals surface area contributed by atoms with Gasteiger partial charge in [0.2, 0.25) is 5.76 Å². The molecule has 3 aliphatic rings. The van der Waals surface area contributed by atoms with E-state index < -0.39 is 5.92 Å². The van der Waals surface area contributed by atoms with E-state index in [1.807, 2.05) is 0 Å². The summed E-state index contributed by atoms with van der Waals surface area (Å²) >= 11 is 0. The van der Waals surface area contributed by atoms with Gasteiger partial charge in [0, 0.05) is 37.5 Å². The molecule has 0 spiro atoms. The lowest BCUT2D eigenvalue weighted by Crippen LogP contribution is -2.40. The van der Waals surface area contributed by atoms with E-state index in [2.05, 4.69) is 25.3 Å². The van der Waals surface area contributed by atoms with Gasteiger partial charge in [-0.15, -0.1) is 0 Å². The Morgan fingerprint density at radius 3 is 2.71 bits per heavy atom. The number of nitrogens with zero attached hydrogens (tertiary/aromatic N) is 4. The zero-order chi connectivity index (χ0) is 24.6. The van der Waals surface area contributed by atoms with Crippen LogP contribution in [-0.2, 0) is 16.1 Å². The van der Waals surface area contributed by atoms with Crippen LogP contribution in [0.1, 0.15) is 62.7 Å². The number of amides is 1. The van der Waals surface area contributed by atoms with Gasteiger partial charge in [-0.25, -0.2) is 9.97 Å². The van der Waals surface area contributed by atoms with E-state index in [1.54, 1.807) is 19.3 Å². The van der Waals surface area contributed by atoms with Gasteiger partial charge < -0.3 is 19.5 Å². The Morgan fingerprint density at radius 2 is 2.03 bits per heavy atom. The van der Waals surface area contributed by atoms with Crippen molar-refractivity contribution in [2.24, 2.45) is 11.8 Å². The lowest BCUT2D eigenvalue weighted by molar-refractivity contribution is -0.124. The average molecular weight is 490 g/mol. The molecule has 1 saturated heterocycles. The summed E-state index contributed by atoms with van der Waals surface area (Å²) in [6.45, 7) is 5.49. The molecule has 190 valence electrons. The highest BCUT2D eigenvalue weighted by Gasteiger charge is 2.62. The number of ether oxygens (including phenoxy) is 1. The third-order valence-corrected chi connectivity index (χ3v) is 7.86. The lowest BCUT2D eigenvalue weighted by atomic mass is 9.84. The highest BCUT2D eigenvalue weighted by Crippen LogP contribution is 2.59. The molecule has 2 aromatic rings. The van der Waals surface area contributed by atoms with Crippen LogP contribution in [0.25, 0.3) is 0 Å². The molecule has 1 amide bonds. The third kappa shape index (κ3) is 5.47. The van der Waals surface area contributed by atoms with Gasteiger partial charge in [0.15, 0.2) is 12.4 Å². The lowest BCUT2D eigenvalue weighted by Gasteiger charge is -2.30. The van der Waals surface area contributed by atoms with Gasteiger partial charge in [-0.3, -0.25) is 4.79 Å². The van der Waals surface area contributed by atoms with Crippen molar-refractivity contribution >= 4 is 5.91 Å². The zero-order valence-electron chi connectivity index (χ0n) is 20.3. The number of fused-ring (bicyclic) bond motifs is 1. The summed E-state index contributed by atoms with van der Waals surface area (Å²) in [7, 11) is 0. The Kier molecular flexibility index (Phi) is 6.50. The first-order valence-corrected chi connectivity index (χ1v) is 12.5. The molecule has 2 saturated carbocycles. The minimum Gasteiger partial charge on any atom is -0.481 e. The number of piperidine rings is 1. The normalized spacial score (nSPS) is 28.5. The molecule has 10 heteroatoms. The predicted octanol–water partition coefficient (Wildman–Crippen LogP) is 3.60. The second-order valence-electron chi connectivity index (χ2n) is 10.6. The fraction of sp³-hybridized carbons (Fsp3) is 0.680. The van der Waals surface area contributed by atoms with E-state index in [9.17, 15) is 13.6 Å². The Bertz CT molecular complexity index is 1030. The molecule has 0 radical (unpaired) electrons. The van der Waals surface area contributed by atoms with Crippen molar-refractivity contribution in [2.75, 3.05) is 26.2 Å². The molecule has 2 aromatic heterocycles. The molecule has 1 unspecified atom stereocenters. The summed E-state index contributed by atoms with van der Waals surface area (Å²) in [5, 5.41) is 7.08. The molecule has 1 N–H and O–H groups in total. The van der Waals surface area contributed by atoms with Crippen molar-refractivity contribution in [1.82, 2.24) is 25.3 Å². The first-order valence-electron chi connectivity index (χ1n) is 12.5. The van der Waals surface area contributed by atoms with Crippen LogP contribution in [0.4, 0.5) is 8.78 Å². The largest absolute Gasteiger partial charge is 0.481 e. The standard InChI is InChI=1S/C25H33F2N5O3/c1-16-28-11-20(12-29-16)34-14-23(33)30-19-5-3-17(4-6-19)7-8-32-13-18-10-25(18,15-32)21-9-22(35-31-21)24(2,26)27/h9,11-12,17-19H,3-8,10,13-15H2,1-2H3,(H,30,33)/t17-,18?,19-,25-/m0/s1. The van der Waals surface area contributed by atoms with Crippen molar-refractivity contribution in [2.45, 2.75) is 69.8 Å². The van der Waals surface area contributed by atoms with Crippen LogP contribution in [0, 0.1) is 18.8 Å². The van der Waals surface area contributed by atoms with Gasteiger partial charge in [-0.1, -0.05) is 5.16 Å². The number of likely N-dealkylation sites (tertiary alicyclic amines) is 1. The molecule has 3 heterocycles. The van der Waals surface area contributed by atoms with Gasteiger partial charge in [-0.2, -0.15) is 8.78 Å². The molecule has 2 atom stereocenters. The van der Waals surface area contributed by atoms with E-state index in [0.717, 1.165) is 65.1 Å². The van der Waals surface area contributed by atoms with Crippen molar-refractivity contribution in [3.63, 3.8) is 0 Å². The molecule has 1 aliphatic heterocycles. The molecule has 5 rings (SSSR count). The molecular formula is C25H33F2N5O3. The van der Waals surface area contributed by atoms with Crippen molar-refractivity contribution in [1.29, 1.82) is 0 Å². The number of alkyl halides is 2. The molecule has 35 heavy (non-hydrogen) atoms. The maximum Gasteiger partial charge on any atom is 0.304 e. The zero-order valence-corrected chi connectivity index (χ0v) is 20.3. The molecule has 8 nitrogen and oxygen atoms in total. The number of rotatable bonds is 9. The summed E-state index contributed by atoms with van der Waals surface area (Å²) in [5.41, 5.74) is 0.596. The Morgan fingerprint density at radius 1 is 1.29 bits per heavy atom. The van der Waals surface area contributed by atoms with Gasteiger partial charge in [0.1, 0.15) is 5.82 Å². The number of carbonyl (C=O) groups is 1. The average Bonchev–Trinajstić information content (AvgIpc) is 3.16. The SMILES string of the molecule is Cc1ncc(OCC(=O)N[C@H]2CC[C@H](CCN3CC4C[C@]4(c4cc(C(C)(F)F)on4)C3)CC2)cn1. The predicted molar refractivity (Wildman–Crippen MR) is 123 cm³/mol. The molecule has 0 aromatic carbocycles. The van der Waals surface area contributed by atoms with Crippen LogP contribution >= 0.6 is 0 Å². The molecule has 3 fully saturated rings. The van der Waals surface area contributed by atoms with E-state index in [0.29, 0.717) is 29.1 Å². The Hall–Kier alpha value is -2.62. The minimum atomic E-state index is -2.99. The van der Waals surface area contributed by atoms with Crippen LogP contribution in [0.15, 0.2) is 23.0 Å². The highest BCUT2D eigenvalue weighted by molar-refractivity contribution is 5.77. The summed E-state index contributed by atoms with van der Waals surface area (Å²) in [6, 6.07) is 1.65. The van der Waals surface area contributed by atoms with E-state index in [4.69, 9.17) is 9.26 Å². The van der Waals surface area contributed by atoms with Gasteiger partial charge >= 0.3 is 5.92 Å². The van der Waals surface area contributed by atoms with Gasteiger partial charge in [0.05, 0.1) is 18.1 Å². The molecule has 0 bridgehead atoms.